The first-order valence-electron chi connectivity index (χ1n) is 9.38. The highest BCUT2D eigenvalue weighted by atomic mass is 16.2. The molecular formula is C22H25N3O3. The Morgan fingerprint density at radius 2 is 1.75 bits per heavy atom. The van der Waals surface area contributed by atoms with Crippen molar-refractivity contribution in [3.05, 3.63) is 59.7 Å². The zero-order chi connectivity index (χ0) is 20.3. The molecule has 146 valence electrons. The lowest BCUT2D eigenvalue weighted by molar-refractivity contribution is -0.117. The monoisotopic (exact) mass is 379 g/mol. The maximum atomic E-state index is 12.8. The highest BCUT2D eigenvalue weighted by Gasteiger charge is 2.23. The summed E-state index contributed by atoms with van der Waals surface area (Å²) in [6.45, 7) is 6.37. The molecule has 6 heteroatoms. The van der Waals surface area contributed by atoms with Gasteiger partial charge < -0.3 is 15.5 Å². The van der Waals surface area contributed by atoms with E-state index in [1.807, 2.05) is 26.8 Å². The normalized spacial score (nSPS) is 14.1. The minimum Gasteiger partial charge on any atom is -0.347 e. The lowest BCUT2D eigenvalue weighted by Gasteiger charge is -2.21. The van der Waals surface area contributed by atoms with Gasteiger partial charge in [-0.15, -0.1) is 0 Å². The molecule has 0 atom stereocenters. The van der Waals surface area contributed by atoms with Gasteiger partial charge in [0.15, 0.2) is 0 Å². The number of amides is 3. The van der Waals surface area contributed by atoms with E-state index in [1.54, 1.807) is 47.4 Å². The number of nitrogens with zero attached hydrogens (tertiary/aromatic N) is 1. The number of anilines is 2. The van der Waals surface area contributed by atoms with E-state index in [1.165, 1.54) is 0 Å². The summed E-state index contributed by atoms with van der Waals surface area (Å²) in [4.78, 5) is 39.0. The molecule has 0 radical (unpaired) electrons. The van der Waals surface area contributed by atoms with E-state index >= 15 is 0 Å². The molecule has 0 saturated carbocycles. The summed E-state index contributed by atoms with van der Waals surface area (Å²) in [5.41, 5.74) is 1.61. The predicted octanol–water partition coefficient (Wildman–Crippen LogP) is 3.59. The van der Waals surface area contributed by atoms with Crippen LogP contribution in [0.1, 0.15) is 54.3 Å². The van der Waals surface area contributed by atoms with Gasteiger partial charge in [0, 0.05) is 29.8 Å². The number of carbonyl (C=O) groups is 3. The number of nitrogens with one attached hydrogen (secondary N) is 2. The fourth-order valence-electron chi connectivity index (χ4n) is 3.13. The van der Waals surface area contributed by atoms with Crippen molar-refractivity contribution in [2.75, 3.05) is 16.8 Å². The van der Waals surface area contributed by atoms with Crippen LogP contribution in [0.5, 0.6) is 0 Å². The van der Waals surface area contributed by atoms with Crippen LogP contribution in [0, 0.1) is 0 Å². The summed E-state index contributed by atoms with van der Waals surface area (Å²) < 4.78 is 0. The molecular weight excluding hydrogens is 354 g/mol. The molecule has 1 fully saturated rings. The minimum atomic E-state index is -0.384. The van der Waals surface area contributed by atoms with Crippen molar-refractivity contribution in [2.24, 2.45) is 0 Å². The molecule has 0 spiro atoms. The Balaban J connectivity index is 1.81. The van der Waals surface area contributed by atoms with Crippen LogP contribution in [0.25, 0.3) is 0 Å². The van der Waals surface area contributed by atoms with Crippen molar-refractivity contribution in [3.63, 3.8) is 0 Å². The molecule has 3 rings (SSSR count). The van der Waals surface area contributed by atoms with Crippen LogP contribution in [0.15, 0.2) is 48.5 Å². The summed E-state index contributed by atoms with van der Waals surface area (Å²) >= 11 is 0. The summed E-state index contributed by atoms with van der Waals surface area (Å²) in [5.74, 6) is -0.508. The molecule has 0 aromatic heterocycles. The van der Waals surface area contributed by atoms with Gasteiger partial charge in [-0.05, 0) is 57.5 Å². The molecule has 1 heterocycles. The van der Waals surface area contributed by atoms with E-state index < -0.39 is 0 Å². The quantitative estimate of drug-likeness (QED) is 0.852. The van der Waals surface area contributed by atoms with Crippen molar-refractivity contribution in [3.8, 4) is 0 Å². The number of benzene rings is 2. The van der Waals surface area contributed by atoms with Gasteiger partial charge in [-0.2, -0.15) is 0 Å². The topological polar surface area (TPSA) is 78.5 Å². The van der Waals surface area contributed by atoms with E-state index in [2.05, 4.69) is 10.6 Å². The van der Waals surface area contributed by atoms with Gasteiger partial charge in [0.2, 0.25) is 5.91 Å². The highest BCUT2D eigenvalue weighted by molar-refractivity contribution is 6.09. The smallest absolute Gasteiger partial charge is 0.255 e. The molecule has 2 N–H and O–H groups in total. The fraction of sp³-hybridized carbons (Fsp3) is 0.318. The van der Waals surface area contributed by atoms with Crippen LogP contribution in [0.2, 0.25) is 0 Å². The Morgan fingerprint density at radius 1 is 1.00 bits per heavy atom. The Bertz CT molecular complexity index is 915. The summed E-state index contributed by atoms with van der Waals surface area (Å²) in [7, 11) is 0. The summed E-state index contributed by atoms with van der Waals surface area (Å²) in [6, 6.07) is 13.9. The first-order valence-corrected chi connectivity index (χ1v) is 9.38. The van der Waals surface area contributed by atoms with Gasteiger partial charge in [0.25, 0.3) is 11.8 Å². The molecule has 3 amide bonds. The molecule has 0 unspecified atom stereocenters. The van der Waals surface area contributed by atoms with Gasteiger partial charge in [-0.25, -0.2) is 0 Å². The standard InChI is InChI=1S/C22H25N3O3/c1-22(2,3)24-21(28)17-10-4-5-11-18(17)23-20(27)15-8-6-9-16(14-15)25-13-7-12-19(25)26/h4-6,8-11,14H,7,12-13H2,1-3H3,(H,23,27)(H,24,28). The minimum absolute atomic E-state index is 0.0711. The first-order chi connectivity index (χ1) is 13.2. The number of carbonyl (C=O) groups excluding carboxylic acids is 3. The SMILES string of the molecule is CC(C)(C)NC(=O)c1ccccc1NC(=O)c1cccc(N2CCCC2=O)c1. The van der Waals surface area contributed by atoms with Crippen LogP contribution < -0.4 is 15.5 Å². The third-order valence-corrected chi connectivity index (χ3v) is 4.40. The van der Waals surface area contributed by atoms with Crippen LogP contribution >= 0.6 is 0 Å². The summed E-state index contributed by atoms with van der Waals surface area (Å²) in [5, 5.41) is 5.72. The van der Waals surface area contributed by atoms with E-state index in [0.29, 0.717) is 35.5 Å². The zero-order valence-electron chi connectivity index (χ0n) is 16.4. The Hall–Kier alpha value is -3.15. The Labute approximate surface area is 164 Å². The maximum Gasteiger partial charge on any atom is 0.255 e. The van der Waals surface area contributed by atoms with Crippen LogP contribution in [0.4, 0.5) is 11.4 Å². The predicted molar refractivity (Wildman–Crippen MR) is 110 cm³/mol. The van der Waals surface area contributed by atoms with Crippen LogP contribution in [0.3, 0.4) is 0 Å². The van der Waals surface area contributed by atoms with Gasteiger partial charge >= 0.3 is 0 Å². The van der Waals surface area contributed by atoms with Gasteiger partial charge in [-0.3, -0.25) is 14.4 Å². The van der Waals surface area contributed by atoms with Gasteiger partial charge in [-0.1, -0.05) is 18.2 Å². The van der Waals surface area contributed by atoms with E-state index in [4.69, 9.17) is 0 Å². The second-order valence-electron chi connectivity index (χ2n) is 7.90. The second kappa shape index (κ2) is 7.84. The lowest BCUT2D eigenvalue weighted by atomic mass is 10.1. The van der Waals surface area contributed by atoms with Crippen molar-refractivity contribution in [2.45, 2.75) is 39.2 Å². The van der Waals surface area contributed by atoms with Crippen molar-refractivity contribution in [1.82, 2.24) is 5.32 Å². The number of hydrogen-bond donors (Lipinski definition) is 2. The molecule has 1 aliphatic heterocycles. The molecule has 6 nitrogen and oxygen atoms in total. The number of para-hydroxylation sites is 1. The molecule has 2 aromatic carbocycles. The fourth-order valence-corrected chi connectivity index (χ4v) is 3.13. The van der Waals surface area contributed by atoms with E-state index in [0.717, 1.165) is 6.42 Å². The molecule has 1 saturated heterocycles. The average Bonchev–Trinajstić information content (AvgIpc) is 3.07. The van der Waals surface area contributed by atoms with Crippen molar-refractivity contribution in [1.29, 1.82) is 0 Å². The van der Waals surface area contributed by atoms with Crippen LogP contribution in [-0.4, -0.2) is 29.8 Å². The third kappa shape index (κ3) is 4.57. The first kappa shape index (κ1) is 19.6. The van der Waals surface area contributed by atoms with Gasteiger partial charge in [0.05, 0.1) is 11.3 Å². The highest BCUT2D eigenvalue weighted by Crippen LogP contribution is 2.23. The Kier molecular flexibility index (Phi) is 5.49. The zero-order valence-corrected chi connectivity index (χ0v) is 16.4. The lowest BCUT2D eigenvalue weighted by Crippen LogP contribution is -2.40. The molecule has 28 heavy (non-hydrogen) atoms. The van der Waals surface area contributed by atoms with E-state index in [9.17, 15) is 14.4 Å². The Morgan fingerprint density at radius 3 is 2.43 bits per heavy atom. The largest absolute Gasteiger partial charge is 0.347 e. The third-order valence-electron chi connectivity index (χ3n) is 4.40. The molecule has 0 aliphatic carbocycles. The number of hydrogen-bond acceptors (Lipinski definition) is 3. The van der Waals surface area contributed by atoms with Gasteiger partial charge in [0.1, 0.15) is 0 Å². The average molecular weight is 379 g/mol. The summed E-state index contributed by atoms with van der Waals surface area (Å²) in [6.07, 6.45) is 1.36. The number of rotatable bonds is 4. The van der Waals surface area contributed by atoms with E-state index in [-0.39, 0.29) is 23.3 Å². The van der Waals surface area contributed by atoms with Crippen molar-refractivity contribution >= 4 is 29.1 Å². The van der Waals surface area contributed by atoms with Crippen LogP contribution in [-0.2, 0) is 4.79 Å². The molecule has 2 aromatic rings. The second-order valence-corrected chi connectivity index (χ2v) is 7.90. The molecule has 0 bridgehead atoms. The maximum absolute atomic E-state index is 12.8. The van der Waals surface area contributed by atoms with Crippen molar-refractivity contribution < 1.29 is 14.4 Å². The molecule has 1 aliphatic rings.